The fourth-order valence-electron chi connectivity index (χ4n) is 2.07. The van der Waals surface area contributed by atoms with Gasteiger partial charge in [-0.1, -0.05) is 0 Å². The maximum Gasteiger partial charge on any atom is 0.235 e. The Labute approximate surface area is 115 Å². The Morgan fingerprint density at radius 1 is 1.47 bits per heavy atom. The fraction of sp³-hybridized carbons (Fsp3) is 0.583. The summed E-state index contributed by atoms with van der Waals surface area (Å²) in [5.74, 6) is 1.26. The Bertz CT molecular complexity index is 533. The zero-order chi connectivity index (χ0) is 13.1. The maximum atomic E-state index is 5.69. The van der Waals surface area contributed by atoms with Crippen molar-refractivity contribution in [3.63, 3.8) is 0 Å². The molecule has 1 atom stereocenters. The van der Waals surface area contributed by atoms with Gasteiger partial charge in [0.25, 0.3) is 0 Å². The summed E-state index contributed by atoms with van der Waals surface area (Å²) >= 11 is 1.49. The van der Waals surface area contributed by atoms with E-state index in [1.165, 1.54) is 17.8 Å². The van der Waals surface area contributed by atoms with Gasteiger partial charge in [0.1, 0.15) is 11.2 Å². The minimum absolute atomic E-state index is 0.0125. The van der Waals surface area contributed by atoms with Crippen LogP contribution < -0.4 is 4.74 Å². The second-order valence-electron chi connectivity index (χ2n) is 4.29. The van der Waals surface area contributed by atoms with Crippen LogP contribution in [-0.4, -0.2) is 33.0 Å². The Morgan fingerprint density at radius 2 is 2.42 bits per heavy atom. The van der Waals surface area contributed by atoms with Gasteiger partial charge < -0.3 is 9.47 Å². The van der Waals surface area contributed by atoms with Gasteiger partial charge in [-0.15, -0.1) is 16.4 Å². The molecule has 0 aliphatic carbocycles. The van der Waals surface area contributed by atoms with Gasteiger partial charge in [0.15, 0.2) is 12.1 Å². The van der Waals surface area contributed by atoms with Crippen LogP contribution in [0.15, 0.2) is 11.8 Å². The molecule has 0 bridgehead atoms. The van der Waals surface area contributed by atoms with Crippen LogP contribution in [0, 0.1) is 0 Å². The average molecular weight is 280 g/mol. The highest BCUT2D eigenvalue weighted by molar-refractivity contribution is 7.13. The zero-order valence-electron chi connectivity index (χ0n) is 10.8. The van der Waals surface area contributed by atoms with E-state index in [9.17, 15) is 0 Å². The topological polar surface area (TPSA) is 62.1 Å². The third-order valence-electron chi connectivity index (χ3n) is 2.98. The monoisotopic (exact) mass is 280 g/mol. The summed E-state index contributed by atoms with van der Waals surface area (Å²) in [4.78, 5) is 9.39. The molecular formula is C12H16N4O2S. The summed E-state index contributed by atoms with van der Waals surface area (Å²) in [5, 5.41) is 4.49. The second-order valence-corrected chi connectivity index (χ2v) is 5.14. The molecule has 1 aliphatic rings. The molecule has 102 valence electrons. The van der Waals surface area contributed by atoms with Crippen molar-refractivity contribution in [2.75, 3.05) is 13.2 Å². The van der Waals surface area contributed by atoms with E-state index in [0.717, 1.165) is 24.3 Å². The van der Waals surface area contributed by atoms with Crippen molar-refractivity contribution >= 4 is 11.3 Å². The molecule has 0 aromatic carbocycles. The highest BCUT2D eigenvalue weighted by atomic mass is 32.1. The lowest BCUT2D eigenvalue weighted by molar-refractivity contribution is -0.0395. The molecule has 2 aromatic rings. The van der Waals surface area contributed by atoms with E-state index >= 15 is 0 Å². The Kier molecular flexibility index (Phi) is 3.74. The fourth-order valence-corrected chi connectivity index (χ4v) is 2.74. The van der Waals surface area contributed by atoms with Crippen LogP contribution in [0.2, 0.25) is 0 Å². The molecule has 1 saturated heterocycles. The van der Waals surface area contributed by atoms with Crippen molar-refractivity contribution in [3.8, 4) is 16.6 Å². The number of hydrogen-bond donors (Lipinski definition) is 0. The molecule has 6 nitrogen and oxygen atoms in total. The number of thiazole rings is 1. The van der Waals surface area contributed by atoms with Crippen LogP contribution in [0.3, 0.4) is 0 Å². The van der Waals surface area contributed by atoms with Gasteiger partial charge in [0, 0.05) is 6.61 Å². The molecule has 0 radical (unpaired) electrons. The maximum absolute atomic E-state index is 5.69. The first kappa shape index (κ1) is 12.6. The smallest absolute Gasteiger partial charge is 0.235 e. The lowest BCUT2D eigenvalue weighted by Crippen LogP contribution is -2.18. The number of aromatic nitrogens is 4. The van der Waals surface area contributed by atoms with E-state index < -0.39 is 0 Å². The number of nitrogens with zero attached hydrogens (tertiary/aromatic N) is 4. The molecule has 3 rings (SSSR count). The quantitative estimate of drug-likeness (QED) is 0.861. The molecule has 3 heterocycles. The van der Waals surface area contributed by atoms with Crippen LogP contribution in [0.1, 0.15) is 32.4 Å². The standard InChI is InChI=1S/C12H16N4O2S/c1-2-17-12-10(19-8-14-12)11-13-7-16(15-11)9-5-3-4-6-18-9/h7-9H,2-6H2,1H3. The molecule has 0 amide bonds. The Balaban J connectivity index is 1.81. The summed E-state index contributed by atoms with van der Waals surface area (Å²) in [6.45, 7) is 3.32. The minimum Gasteiger partial charge on any atom is -0.477 e. The largest absolute Gasteiger partial charge is 0.477 e. The number of ether oxygens (including phenoxy) is 2. The van der Waals surface area contributed by atoms with E-state index in [-0.39, 0.29) is 6.23 Å². The van der Waals surface area contributed by atoms with E-state index in [1.54, 1.807) is 16.5 Å². The van der Waals surface area contributed by atoms with Crippen LogP contribution in [0.5, 0.6) is 5.88 Å². The highest BCUT2D eigenvalue weighted by Crippen LogP contribution is 2.31. The van der Waals surface area contributed by atoms with Gasteiger partial charge in [0.05, 0.1) is 12.1 Å². The van der Waals surface area contributed by atoms with E-state index in [0.29, 0.717) is 18.3 Å². The first-order valence-corrected chi connectivity index (χ1v) is 7.36. The lowest BCUT2D eigenvalue weighted by atomic mass is 10.2. The number of hydrogen-bond acceptors (Lipinski definition) is 6. The van der Waals surface area contributed by atoms with Crippen molar-refractivity contribution in [3.05, 3.63) is 11.8 Å². The van der Waals surface area contributed by atoms with Crippen LogP contribution in [0.4, 0.5) is 0 Å². The van der Waals surface area contributed by atoms with Gasteiger partial charge in [-0.25, -0.2) is 14.6 Å². The minimum atomic E-state index is 0.0125. The summed E-state index contributed by atoms with van der Waals surface area (Å²) in [5.41, 5.74) is 1.75. The predicted octanol–water partition coefficient (Wildman–Crippen LogP) is 2.50. The Morgan fingerprint density at radius 3 is 3.21 bits per heavy atom. The van der Waals surface area contributed by atoms with E-state index in [2.05, 4.69) is 15.1 Å². The number of rotatable bonds is 4. The lowest BCUT2D eigenvalue weighted by Gasteiger charge is -2.21. The van der Waals surface area contributed by atoms with Gasteiger partial charge in [-0.2, -0.15) is 0 Å². The molecule has 7 heteroatoms. The molecule has 1 aliphatic heterocycles. The third kappa shape index (κ3) is 2.62. The SMILES string of the molecule is CCOc1ncsc1-c1ncn(C2CCCCO2)n1. The van der Waals surface area contributed by atoms with Gasteiger partial charge in [-0.05, 0) is 26.2 Å². The van der Waals surface area contributed by atoms with Crippen LogP contribution in [-0.2, 0) is 4.74 Å². The van der Waals surface area contributed by atoms with Crippen LogP contribution in [0.25, 0.3) is 10.7 Å². The van der Waals surface area contributed by atoms with Crippen molar-refractivity contribution in [2.45, 2.75) is 32.4 Å². The first-order valence-electron chi connectivity index (χ1n) is 6.48. The van der Waals surface area contributed by atoms with Crippen molar-refractivity contribution in [2.24, 2.45) is 0 Å². The van der Waals surface area contributed by atoms with Gasteiger partial charge >= 0.3 is 0 Å². The van der Waals surface area contributed by atoms with Crippen LogP contribution >= 0.6 is 11.3 Å². The first-order chi connectivity index (χ1) is 9.38. The molecule has 0 spiro atoms. The Hall–Kier alpha value is -1.47. The highest BCUT2D eigenvalue weighted by Gasteiger charge is 2.19. The molecule has 1 fully saturated rings. The second kappa shape index (κ2) is 5.66. The predicted molar refractivity (Wildman–Crippen MR) is 71.1 cm³/mol. The molecule has 19 heavy (non-hydrogen) atoms. The summed E-state index contributed by atoms with van der Waals surface area (Å²) in [6, 6.07) is 0. The molecule has 1 unspecified atom stereocenters. The summed E-state index contributed by atoms with van der Waals surface area (Å²) < 4.78 is 12.9. The van der Waals surface area contributed by atoms with Gasteiger partial charge in [0.2, 0.25) is 5.88 Å². The molecule has 0 saturated carbocycles. The summed E-state index contributed by atoms with van der Waals surface area (Å²) in [7, 11) is 0. The van der Waals surface area contributed by atoms with E-state index in [4.69, 9.17) is 9.47 Å². The van der Waals surface area contributed by atoms with Crippen molar-refractivity contribution < 1.29 is 9.47 Å². The average Bonchev–Trinajstić information content (AvgIpc) is 3.08. The summed E-state index contributed by atoms with van der Waals surface area (Å²) in [6.07, 6.45) is 5.02. The molecular weight excluding hydrogens is 264 g/mol. The van der Waals surface area contributed by atoms with Crippen molar-refractivity contribution in [1.82, 2.24) is 19.7 Å². The van der Waals surface area contributed by atoms with Crippen molar-refractivity contribution in [1.29, 1.82) is 0 Å². The van der Waals surface area contributed by atoms with E-state index in [1.807, 2.05) is 6.92 Å². The third-order valence-corrected chi connectivity index (χ3v) is 3.78. The normalized spacial score (nSPS) is 19.5. The zero-order valence-corrected chi connectivity index (χ0v) is 11.6. The van der Waals surface area contributed by atoms with Gasteiger partial charge in [-0.3, -0.25) is 0 Å². The molecule has 0 N–H and O–H groups in total. The molecule has 2 aromatic heterocycles.